The Morgan fingerprint density at radius 2 is 1.33 bits per heavy atom. The van der Waals surface area contributed by atoms with Crippen LogP contribution in [0.1, 0.15) is 5.56 Å². The van der Waals surface area contributed by atoms with E-state index in [1.54, 1.807) is 13.2 Å². The number of rotatable bonds is 4. The van der Waals surface area contributed by atoms with Gasteiger partial charge in [0.1, 0.15) is 5.75 Å². The first-order valence-corrected chi connectivity index (χ1v) is 8.68. The predicted octanol–water partition coefficient (Wildman–Crippen LogP) is 5.77. The van der Waals surface area contributed by atoms with Gasteiger partial charge in [-0.1, -0.05) is 60.7 Å². The number of hydrogen-bond acceptors (Lipinski definition) is 2. The van der Waals surface area contributed by atoms with Crippen molar-refractivity contribution in [3.8, 4) is 16.9 Å². The molecule has 0 spiro atoms. The van der Waals surface area contributed by atoms with E-state index in [4.69, 9.17) is 9.84 Å². The lowest BCUT2D eigenvalue weighted by molar-refractivity contribution is -0.131. The summed E-state index contributed by atoms with van der Waals surface area (Å²) >= 11 is 0. The van der Waals surface area contributed by atoms with Crippen LogP contribution in [-0.2, 0) is 4.79 Å². The van der Waals surface area contributed by atoms with Crippen molar-refractivity contribution in [2.24, 2.45) is 0 Å². The Morgan fingerprint density at radius 3 is 1.81 bits per heavy atom. The quantitative estimate of drug-likeness (QED) is 0.374. The average molecular weight is 354 g/mol. The summed E-state index contributed by atoms with van der Waals surface area (Å²) in [5.41, 5.74) is 3.15. The van der Waals surface area contributed by atoms with E-state index in [-0.39, 0.29) is 0 Å². The van der Waals surface area contributed by atoms with Crippen molar-refractivity contribution < 1.29 is 14.6 Å². The van der Waals surface area contributed by atoms with Crippen molar-refractivity contribution in [3.05, 3.63) is 84.4 Å². The second kappa shape index (κ2) is 6.96. The van der Waals surface area contributed by atoms with Gasteiger partial charge in [-0.25, -0.2) is 4.79 Å². The zero-order chi connectivity index (χ0) is 18.8. The number of aliphatic carboxylic acids is 1. The lowest BCUT2D eigenvalue weighted by atomic mass is 9.88. The summed E-state index contributed by atoms with van der Waals surface area (Å²) in [6.45, 7) is 0. The molecule has 0 fully saturated rings. The topological polar surface area (TPSA) is 46.5 Å². The predicted molar refractivity (Wildman–Crippen MR) is 110 cm³/mol. The van der Waals surface area contributed by atoms with E-state index in [0.717, 1.165) is 44.0 Å². The van der Waals surface area contributed by atoms with E-state index in [2.05, 4.69) is 24.3 Å². The fraction of sp³-hybridized carbons (Fsp3) is 0.0417. The number of methoxy groups -OCH3 is 1. The summed E-state index contributed by atoms with van der Waals surface area (Å²) in [7, 11) is 1.66. The van der Waals surface area contributed by atoms with Crippen LogP contribution in [0.15, 0.2) is 78.9 Å². The maximum Gasteiger partial charge on any atom is 0.328 e. The fourth-order valence-corrected chi connectivity index (χ4v) is 3.57. The van der Waals surface area contributed by atoms with E-state index in [0.29, 0.717) is 0 Å². The maximum absolute atomic E-state index is 11.1. The molecule has 0 aliphatic heterocycles. The molecule has 0 aliphatic carbocycles. The van der Waals surface area contributed by atoms with Gasteiger partial charge in [-0.3, -0.25) is 0 Å². The van der Waals surface area contributed by atoms with Crippen molar-refractivity contribution in [2.75, 3.05) is 7.11 Å². The number of carboxylic acids is 1. The van der Waals surface area contributed by atoms with Crippen LogP contribution in [0.25, 0.3) is 38.7 Å². The lowest BCUT2D eigenvalue weighted by Crippen LogP contribution is -1.91. The van der Waals surface area contributed by atoms with Gasteiger partial charge in [-0.15, -0.1) is 0 Å². The highest BCUT2D eigenvalue weighted by molar-refractivity contribution is 6.17. The van der Waals surface area contributed by atoms with Gasteiger partial charge in [0.05, 0.1) is 7.11 Å². The minimum Gasteiger partial charge on any atom is -0.497 e. The van der Waals surface area contributed by atoms with E-state index in [1.807, 2.05) is 48.5 Å². The molecular weight excluding hydrogens is 336 g/mol. The summed E-state index contributed by atoms with van der Waals surface area (Å²) in [5.74, 6) is -0.143. The maximum atomic E-state index is 11.1. The van der Waals surface area contributed by atoms with E-state index >= 15 is 0 Å². The third kappa shape index (κ3) is 3.04. The standard InChI is InChI=1S/C24H18O3/c1-27-17-12-10-16(11-13-17)24-21-8-4-2-6-18(21)20(14-15-23(25)26)19-7-3-5-9-22(19)24/h2-15H,1H3,(H,25,26)/b15-14+. The number of benzene rings is 4. The molecule has 0 amide bonds. The number of ether oxygens (including phenoxy) is 1. The summed E-state index contributed by atoms with van der Waals surface area (Å²) in [6.07, 6.45) is 2.88. The van der Waals surface area contributed by atoms with Crippen LogP contribution in [-0.4, -0.2) is 18.2 Å². The first kappa shape index (κ1) is 16.9. The Hall–Kier alpha value is -3.59. The Kier molecular flexibility index (Phi) is 4.35. The molecule has 0 atom stereocenters. The number of fused-ring (bicyclic) bond motifs is 2. The van der Waals surface area contributed by atoms with Gasteiger partial charge in [0.15, 0.2) is 0 Å². The van der Waals surface area contributed by atoms with Gasteiger partial charge in [0, 0.05) is 6.08 Å². The molecular formula is C24H18O3. The molecule has 0 heterocycles. The van der Waals surface area contributed by atoms with Crippen molar-refractivity contribution in [1.29, 1.82) is 0 Å². The Bertz CT molecular complexity index is 1110. The van der Waals surface area contributed by atoms with Crippen LogP contribution in [0.4, 0.5) is 0 Å². The van der Waals surface area contributed by atoms with E-state index < -0.39 is 5.97 Å². The zero-order valence-electron chi connectivity index (χ0n) is 14.8. The molecule has 3 nitrogen and oxygen atoms in total. The molecule has 0 bridgehead atoms. The zero-order valence-corrected chi connectivity index (χ0v) is 14.8. The second-order valence-electron chi connectivity index (χ2n) is 6.28. The van der Waals surface area contributed by atoms with Crippen molar-refractivity contribution in [2.45, 2.75) is 0 Å². The first-order chi connectivity index (χ1) is 13.2. The minimum atomic E-state index is -0.956. The molecule has 132 valence electrons. The largest absolute Gasteiger partial charge is 0.497 e. The fourth-order valence-electron chi connectivity index (χ4n) is 3.57. The third-order valence-corrected chi connectivity index (χ3v) is 4.74. The monoisotopic (exact) mass is 354 g/mol. The van der Waals surface area contributed by atoms with Gasteiger partial charge in [-0.05, 0) is 56.4 Å². The van der Waals surface area contributed by atoms with E-state index in [1.165, 1.54) is 6.08 Å². The molecule has 0 saturated heterocycles. The number of carbonyl (C=O) groups is 1. The van der Waals surface area contributed by atoms with Crippen LogP contribution in [0.2, 0.25) is 0 Å². The molecule has 0 unspecified atom stereocenters. The molecule has 4 aromatic carbocycles. The van der Waals surface area contributed by atoms with Gasteiger partial charge >= 0.3 is 5.97 Å². The Balaban J connectivity index is 2.12. The Labute approximate surface area is 157 Å². The first-order valence-electron chi connectivity index (χ1n) is 8.68. The van der Waals surface area contributed by atoms with Crippen molar-refractivity contribution in [1.82, 2.24) is 0 Å². The van der Waals surface area contributed by atoms with Crippen LogP contribution < -0.4 is 4.74 Å². The molecule has 0 aliphatic rings. The highest BCUT2D eigenvalue weighted by Crippen LogP contribution is 2.40. The van der Waals surface area contributed by atoms with Crippen LogP contribution in [0, 0.1) is 0 Å². The molecule has 4 aromatic rings. The number of carboxylic acid groups (broad SMARTS) is 1. The van der Waals surface area contributed by atoms with Gasteiger partial charge in [-0.2, -0.15) is 0 Å². The SMILES string of the molecule is COc1ccc(-c2c3ccccc3c(/C=C/C(=O)O)c3ccccc23)cc1. The highest BCUT2D eigenvalue weighted by Gasteiger charge is 2.13. The summed E-state index contributed by atoms with van der Waals surface area (Å²) in [6, 6.07) is 24.2. The molecule has 3 heteroatoms. The summed E-state index contributed by atoms with van der Waals surface area (Å²) < 4.78 is 5.29. The lowest BCUT2D eigenvalue weighted by Gasteiger charge is -2.15. The highest BCUT2D eigenvalue weighted by atomic mass is 16.5. The molecule has 1 N–H and O–H groups in total. The molecule has 0 radical (unpaired) electrons. The van der Waals surface area contributed by atoms with Crippen LogP contribution >= 0.6 is 0 Å². The summed E-state index contributed by atoms with van der Waals surface area (Å²) in [5, 5.41) is 13.3. The summed E-state index contributed by atoms with van der Waals surface area (Å²) in [4.78, 5) is 11.1. The normalized spacial score (nSPS) is 11.3. The number of hydrogen-bond donors (Lipinski definition) is 1. The molecule has 4 rings (SSSR count). The average Bonchev–Trinajstić information content (AvgIpc) is 2.71. The van der Waals surface area contributed by atoms with E-state index in [9.17, 15) is 4.79 Å². The van der Waals surface area contributed by atoms with Crippen LogP contribution in [0.5, 0.6) is 5.75 Å². The molecule has 0 saturated carbocycles. The third-order valence-electron chi connectivity index (χ3n) is 4.74. The molecule has 27 heavy (non-hydrogen) atoms. The van der Waals surface area contributed by atoms with Gasteiger partial charge < -0.3 is 9.84 Å². The van der Waals surface area contributed by atoms with Crippen LogP contribution in [0.3, 0.4) is 0 Å². The van der Waals surface area contributed by atoms with Crippen molar-refractivity contribution in [3.63, 3.8) is 0 Å². The second-order valence-corrected chi connectivity index (χ2v) is 6.28. The smallest absolute Gasteiger partial charge is 0.328 e. The Morgan fingerprint density at radius 1 is 0.815 bits per heavy atom. The minimum absolute atomic E-state index is 0.813. The van der Waals surface area contributed by atoms with Crippen molar-refractivity contribution >= 4 is 33.6 Å². The molecule has 0 aromatic heterocycles. The van der Waals surface area contributed by atoms with Gasteiger partial charge in [0.25, 0.3) is 0 Å². The van der Waals surface area contributed by atoms with Gasteiger partial charge in [0.2, 0.25) is 0 Å².